The summed E-state index contributed by atoms with van der Waals surface area (Å²) in [6, 6.07) is 0. The van der Waals surface area contributed by atoms with Crippen LogP contribution in [0, 0.1) is 17.6 Å². The van der Waals surface area contributed by atoms with Gasteiger partial charge in [0.15, 0.2) is 0 Å². The van der Waals surface area contributed by atoms with Gasteiger partial charge in [-0.25, -0.2) is 17.2 Å². The van der Waals surface area contributed by atoms with Crippen LogP contribution in [-0.2, 0) is 26.2 Å². The van der Waals surface area contributed by atoms with Gasteiger partial charge in [0.1, 0.15) is 0 Å². The fourth-order valence-corrected chi connectivity index (χ4v) is 2.30. The van der Waals surface area contributed by atoms with Crippen LogP contribution in [0.3, 0.4) is 0 Å². The van der Waals surface area contributed by atoms with Crippen LogP contribution in [0.15, 0.2) is 34.4 Å². The van der Waals surface area contributed by atoms with Gasteiger partial charge in [-0.1, -0.05) is 39.5 Å². The van der Waals surface area contributed by atoms with Crippen molar-refractivity contribution in [2.75, 3.05) is 6.61 Å². The average Bonchev–Trinajstić information content (AvgIpc) is 2.92. The maximum absolute atomic E-state index is 8.46. The van der Waals surface area contributed by atoms with Gasteiger partial charge >= 0.3 is 26.2 Å². The molecule has 0 spiro atoms. The first-order valence-corrected chi connectivity index (χ1v) is 7.05. The summed E-state index contributed by atoms with van der Waals surface area (Å²) in [5.74, 6) is 0. The molecule has 1 nitrogen and oxygen atoms in total. The van der Waals surface area contributed by atoms with E-state index in [1.807, 2.05) is 0 Å². The molecule has 2 aliphatic carbocycles. The van der Waals surface area contributed by atoms with Gasteiger partial charge < -0.3 is 5.11 Å². The van der Waals surface area contributed by atoms with E-state index in [0.717, 1.165) is 19.3 Å². The molecule has 0 heterocycles. The Morgan fingerprint density at radius 1 is 1.18 bits per heavy atom. The molecule has 1 N–H and O–H groups in total. The molecule has 2 aliphatic rings. The summed E-state index contributed by atoms with van der Waals surface area (Å²) in [5, 5.41) is 8.46. The van der Waals surface area contributed by atoms with Crippen LogP contribution < -0.4 is 0 Å². The number of aliphatic hydroxyl groups excluding tert-OH is 1. The van der Waals surface area contributed by atoms with Crippen LogP contribution in [0.4, 0.5) is 0 Å². The van der Waals surface area contributed by atoms with Crippen molar-refractivity contribution in [2.24, 2.45) is 5.41 Å². The van der Waals surface area contributed by atoms with Gasteiger partial charge in [-0.2, -0.15) is 17.2 Å². The van der Waals surface area contributed by atoms with Crippen molar-refractivity contribution in [3.8, 4) is 0 Å². The summed E-state index contributed by atoms with van der Waals surface area (Å²) in [7, 11) is 0. The SMILES string of the molecule is CC1=[C-]C(C)(C)C(C)=C1C.Cl.Cl.OCCCC1=[C-]CC=C1.[Zr+2]. The van der Waals surface area contributed by atoms with E-state index in [9.17, 15) is 0 Å². The fraction of sp³-hybridized carbons (Fsp3) is 0.556. The Balaban J connectivity index is -0.000000290. The van der Waals surface area contributed by atoms with Gasteiger partial charge in [0.25, 0.3) is 0 Å². The number of halogens is 2. The molecule has 0 bridgehead atoms. The summed E-state index contributed by atoms with van der Waals surface area (Å²) in [6.07, 6.45) is 13.6. The predicted octanol–water partition coefficient (Wildman–Crippen LogP) is 5.40. The number of allylic oxidation sites excluding steroid dienone is 8. The zero-order valence-corrected chi connectivity index (χ0v) is 18.3. The summed E-state index contributed by atoms with van der Waals surface area (Å²) < 4.78 is 0. The Morgan fingerprint density at radius 2 is 1.77 bits per heavy atom. The largest absolute Gasteiger partial charge is 2.00 e. The summed E-state index contributed by atoms with van der Waals surface area (Å²) in [6.45, 7) is 11.2. The van der Waals surface area contributed by atoms with E-state index in [-0.39, 0.29) is 56.4 Å². The molecule has 0 aliphatic heterocycles. The van der Waals surface area contributed by atoms with Crippen LogP contribution in [0.5, 0.6) is 0 Å². The van der Waals surface area contributed by atoms with Crippen LogP contribution in [0.1, 0.15) is 53.9 Å². The molecule has 0 fully saturated rings. The van der Waals surface area contributed by atoms with Gasteiger partial charge in [-0.15, -0.1) is 38.2 Å². The number of hydrogen-bond acceptors (Lipinski definition) is 1. The summed E-state index contributed by atoms with van der Waals surface area (Å²) in [4.78, 5) is 0. The van der Waals surface area contributed by atoms with Gasteiger partial charge in [0.05, 0.1) is 0 Å². The second kappa shape index (κ2) is 12.8. The van der Waals surface area contributed by atoms with E-state index < -0.39 is 0 Å². The molecule has 0 saturated carbocycles. The minimum absolute atomic E-state index is 0. The Morgan fingerprint density at radius 3 is 2.05 bits per heavy atom. The van der Waals surface area contributed by atoms with E-state index in [0.29, 0.717) is 6.61 Å². The third-order valence-corrected chi connectivity index (χ3v) is 3.93. The smallest absolute Gasteiger partial charge is 0.396 e. The molecule has 124 valence electrons. The fourth-order valence-electron chi connectivity index (χ4n) is 2.30. The van der Waals surface area contributed by atoms with Crippen molar-refractivity contribution >= 4 is 24.8 Å². The maximum Gasteiger partial charge on any atom is 2.00 e. The van der Waals surface area contributed by atoms with Crippen molar-refractivity contribution < 1.29 is 31.3 Å². The zero-order valence-electron chi connectivity index (χ0n) is 14.2. The van der Waals surface area contributed by atoms with Crippen molar-refractivity contribution in [2.45, 2.75) is 53.9 Å². The molecule has 0 radical (unpaired) electrons. The van der Waals surface area contributed by atoms with Crippen molar-refractivity contribution in [1.82, 2.24) is 0 Å². The summed E-state index contributed by atoms with van der Waals surface area (Å²) >= 11 is 0. The Labute approximate surface area is 168 Å². The molecule has 0 aromatic heterocycles. The van der Waals surface area contributed by atoms with Gasteiger partial charge in [0.2, 0.25) is 0 Å². The second-order valence-corrected chi connectivity index (χ2v) is 5.76. The number of rotatable bonds is 3. The third kappa shape index (κ3) is 8.30. The maximum atomic E-state index is 8.46. The molecule has 0 atom stereocenters. The van der Waals surface area contributed by atoms with Gasteiger partial charge in [-0.3, -0.25) is 12.2 Å². The van der Waals surface area contributed by atoms with E-state index in [1.165, 1.54) is 22.3 Å². The predicted molar refractivity (Wildman–Crippen MR) is 95.9 cm³/mol. The van der Waals surface area contributed by atoms with Crippen LogP contribution in [-0.4, -0.2) is 11.7 Å². The normalized spacial score (nSPS) is 17.4. The summed E-state index contributed by atoms with van der Waals surface area (Å²) in [5.41, 5.74) is 5.65. The first kappa shape index (κ1) is 27.2. The van der Waals surface area contributed by atoms with Crippen molar-refractivity contribution in [3.63, 3.8) is 0 Å². The number of aliphatic hydroxyl groups is 1. The topological polar surface area (TPSA) is 20.2 Å². The first-order valence-electron chi connectivity index (χ1n) is 7.05. The minimum atomic E-state index is 0. The zero-order chi connectivity index (χ0) is 14.5. The van der Waals surface area contributed by atoms with Crippen LogP contribution in [0.25, 0.3) is 0 Å². The van der Waals surface area contributed by atoms with E-state index >= 15 is 0 Å². The standard InChI is InChI=1S/C10H15.C8H11O.2ClH.Zr/c1-7-6-10(4,5)9(3)8(7)2;9-7-3-6-8-4-1-2-5-8;;;/h1-5H3;1,4,9H,2-3,6-7H2;2*1H;/q2*-1;;;+2. The van der Waals surface area contributed by atoms with E-state index in [1.54, 1.807) is 0 Å². The van der Waals surface area contributed by atoms with Crippen LogP contribution in [0.2, 0.25) is 0 Å². The molecular formula is C18H28Cl2OZr. The number of hydrogen-bond donors (Lipinski definition) is 1. The molecule has 0 aromatic rings. The monoisotopic (exact) mass is 420 g/mol. The Hall–Kier alpha value is 0.383. The van der Waals surface area contributed by atoms with Gasteiger partial charge in [-0.05, 0) is 6.42 Å². The first-order chi connectivity index (χ1) is 8.88. The Bertz CT molecular complexity index is 446. The Kier molecular flexibility index (Phi) is 15.8. The second-order valence-electron chi connectivity index (χ2n) is 5.76. The molecular weight excluding hydrogens is 394 g/mol. The molecule has 0 aromatic carbocycles. The molecule has 4 heteroatoms. The van der Waals surface area contributed by atoms with E-state index in [4.69, 9.17) is 5.11 Å². The quantitative estimate of drug-likeness (QED) is 0.604. The van der Waals surface area contributed by atoms with Crippen LogP contribution >= 0.6 is 24.8 Å². The van der Waals surface area contributed by atoms with Crippen molar-refractivity contribution in [1.29, 1.82) is 0 Å². The molecule has 22 heavy (non-hydrogen) atoms. The molecule has 0 amide bonds. The molecule has 0 saturated heterocycles. The minimum Gasteiger partial charge on any atom is -0.396 e. The molecule has 2 rings (SSSR count). The van der Waals surface area contributed by atoms with Gasteiger partial charge in [0, 0.05) is 6.61 Å². The molecule has 0 unspecified atom stereocenters. The van der Waals surface area contributed by atoms with E-state index in [2.05, 4.69) is 58.9 Å². The third-order valence-electron chi connectivity index (χ3n) is 3.93. The van der Waals surface area contributed by atoms with Crippen molar-refractivity contribution in [3.05, 3.63) is 46.6 Å². The average molecular weight is 423 g/mol.